The Morgan fingerprint density at radius 1 is 1.50 bits per heavy atom. The van der Waals surface area contributed by atoms with Crippen molar-refractivity contribution >= 4 is 21.8 Å². The third kappa shape index (κ3) is 3.76. The second kappa shape index (κ2) is 5.34. The first-order chi connectivity index (χ1) is 6.52. The minimum Gasteiger partial charge on any atom is -0.312 e. The highest BCUT2D eigenvalue weighted by atomic mass is 32.2. The van der Waals surface area contributed by atoms with Crippen molar-refractivity contribution in [3.63, 3.8) is 0 Å². The van der Waals surface area contributed by atoms with E-state index in [1.165, 1.54) is 10.1 Å². The average Bonchev–Trinajstić information content (AvgIpc) is 2.56. The number of rotatable bonds is 5. The molecule has 0 aliphatic carbocycles. The number of nitrogens with zero attached hydrogens (tertiary/aromatic N) is 1. The lowest BCUT2D eigenvalue weighted by atomic mass is 10.3. The maximum Gasteiger partial charge on any atom is 0.214 e. The highest BCUT2D eigenvalue weighted by Gasteiger charge is 2.17. The van der Waals surface area contributed by atoms with Gasteiger partial charge in [0.05, 0.1) is 5.75 Å². The molecule has 0 saturated carbocycles. The van der Waals surface area contributed by atoms with E-state index in [2.05, 4.69) is 5.32 Å². The summed E-state index contributed by atoms with van der Waals surface area (Å²) < 4.78 is 24.0. The maximum atomic E-state index is 11.4. The van der Waals surface area contributed by atoms with Crippen LogP contribution in [0, 0.1) is 0 Å². The van der Waals surface area contributed by atoms with E-state index in [4.69, 9.17) is 0 Å². The Bertz CT molecular complexity index is 259. The molecule has 1 heterocycles. The van der Waals surface area contributed by atoms with Gasteiger partial charge >= 0.3 is 0 Å². The monoisotopic (exact) mass is 238 g/mol. The fourth-order valence-electron chi connectivity index (χ4n) is 1.27. The topological polar surface area (TPSA) is 49.4 Å². The molecule has 0 bridgehead atoms. The van der Waals surface area contributed by atoms with Crippen LogP contribution in [0.25, 0.3) is 0 Å². The Hall–Kier alpha value is 0.220. The molecule has 14 heavy (non-hydrogen) atoms. The van der Waals surface area contributed by atoms with E-state index in [-0.39, 0.29) is 5.75 Å². The van der Waals surface area contributed by atoms with Gasteiger partial charge in [-0.2, -0.15) is 11.8 Å². The molecule has 0 aromatic rings. The Labute approximate surface area is 90.5 Å². The lowest BCUT2D eigenvalue weighted by Gasteiger charge is -2.14. The predicted molar refractivity (Wildman–Crippen MR) is 61.2 cm³/mol. The van der Waals surface area contributed by atoms with Crippen LogP contribution in [-0.4, -0.2) is 56.7 Å². The quantitative estimate of drug-likeness (QED) is 0.731. The summed E-state index contributed by atoms with van der Waals surface area (Å²) in [4.78, 5) is 0. The predicted octanol–water partition coefficient (Wildman–Crippen LogP) is -0.0271. The van der Waals surface area contributed by atoms with Crippen molar-refractivity contribution in [1.29, 1.82) is 0 Å². The smallest absolute Gasteiger partial charge is 0.214 e. The van der Waals surface area contributed by atoms with Crippen LogP contribution in [0.1, 0.15) is 6.42 Å². The molecule has 6 heteroatoms. The van der Waals surface area contributed by atoms with E-state index in [0.717, 1.165) is 12.2 Å². The van der Waals surface area contributed by atoms with Gasteiger partial charge in [-0.1, -0.05) is 0 Å². The molecule has 4 nitrogen and oxygen atoms in total. The number of hydrogen-bond donors (Lipinski definition) is 1. The molecule has 1 saturated heterocycles. The van der Waals surface area contributed by atoms with E-state index >= 15 is 0 Å². The van der Waals surface area contributed by atoms with Gasteiger partial charge in [-0.25, -0.2) is 12.7 Å². The third-order valence-electron chi connectivity index (χ3n) is 2.28. The summed E-state index contributed by atoms with van der Waals surface area (Å²) in [6.45, 7) is 0.561. The first kappa shape index (κ1) is 12.3. The van der Waals surface area contributed by atoms with Crippen LogP contribution in [-0.2, 0) is 10.0 Å². The van der Waals surface area contributed by atoms with E-state index < -0.39 is 10.0 Å². The van der Waals surface area contributed by atoms with Gasteiger partial charge < -0.3 is 5.32 Å². The Morgan fingerprint density at radius 2 is 2.21 bits per heavy atom. The second-order valence-corrected chi connectivity index (χ2v) is 7.07. The summed E-state index contributed by atoms with van der Waals surface area (Å²) in [5.74, 6) is 2.50. The standard InChI is InChI=1S/C8H18N2O2S2/c1-10(2)14(11,12)6-4-9-8-3-5-13-7-8/h8-9H,3-7H2,1-2H3. The van der Waals surface area contributed by atoms with Crippen LogP contribution in [0.15, 0.2) is 0 Å². The lowest BCUT2D eigenvalue weighted by molar-refractivity contribution is 0.511. The summed E-state index contributed by atoms with van der Waals surface area (Å²) in [7, 11) is 0.115. The zero-order valence-corrected chi connectivity index (χ0v) is 10.3. The van der Waals surface area contributed by atoms with Gasteiger partial charge in [-0.05, 0) is 12.2 Å². The highest BCUT2D eigenvalue weighted by molar-refractivity contribution is 7.99. The molecule has 1 aliphatic rings. The average molecular weight is 238 g/mol. The van der Waals surface area contributed by atoms with Gasteiger partial charge in [0, 0.05) is 32.4 Å². The Morgan fingerprint density at radius 3 is 2.71 bits per heavy atom. The number of thioether (sulfide) groups is 1. The van der Waals surface area contributed by atoms with E-state index in [9.17, 15) is 8.42 Å². The molecular weight excluding hydrogens is 220 g/mol. The molecule has 84 valence electrons. The van der Waals surface area contributed by atoms with Gasteiger partial charge in [0.1, 0.15) is 0 Å². The summed E-state index contributed by atoms with van der Waals surface area (Å²) in [6, 6.07) is 0.511. The van der Waals surface area contributed by atoms with Gasteiger partial charge in [-0.3, -0.25) is 0 Å². The summed E-state index contributed by atoms with van der Waals surface area (Å²) in [5, 5.41) is 3.27. The van der Waals surface area contributed by atoms with Crippen molar-refractivity contribution < 1.29 is 8.42 Å². The maximum absolute atomic E-state index is 11.4. The minimum absolute atomic E-state index is 0.196. The van der Waals surface area contributed by atoms with Gasteiger partial charge in [0.2, 0.25) is 10.0 Å². The first-order valence-corrected chi connectivity index (χ1v) is 7.50. The fourth-order valence-corrected chi connectivity index (χ4v) is 3.20. The van der Waals surface area contributed by atoms with Crippen molar-refractivity contribution in [2.24, 2.45) is 0 Å². The SMILES string of the molecule is CN(C)S(=O)(=O)CCNC1CCSC1. The summed E-state index contributed by atoms with van der Waals surface area (Å²) in [5.41, 5.74) is 0. The van der Waals surface area contributed by atoms with E-state index in [1.54, 1.807) is 14.1 Å². The molecule has 0 aromatic carbocycles. The first-order valence-electron chi connectivity index (χ1n) is 4.74. The molecule has 0 aromatic heterocycles. The molecular formula is C8H18N2O2S2. The van der Waals surface area contributed by atoms with Crippen LogP contribution >= 0.6 is 11.8 Å². The van der Waals surface area contributed by atoms with Crippen LogP contribution in [0.3, 0.4) is 0 Å². The molecule has 1 aliphatic heterocycles. The van der Waals surface area contributed by atoms with Crippen LogP contribution in [0.4, 0.5) is 0 Å². The van der Waals surface area contributed by atoms with Crippen molar-refractivity contribution in [2.45, 2.75) is 12.5 Å². The van der Waals surface area contributed by atoms with Crippen LogP contribution in [0.5, 0.6) is 0 Å². The summed E-state index contributed by atoms with van der Waals surface area (Å²) in [6.07, 6.45) is 1.16. The molecule has 0 spiro atoms. The van der Waals surface area contributed by atoms with Crippen molar-refractivity contribution in [1.82, 2.24) is 9.62 Å². The molecule has 1 unspecified atom stereocenters. The number of sulfonamides is 1. The Kier molecular flexibility index (Phi) is 4.69. The van der Waals surface area contributed by atoms with Crippen LogP contribution in [0.2, 0.25) is 0 Å². The zero-order chi connectivity index (χ0) is 10.6. The largest absolute Gasteiger partial charge is 0.312 e. The zero-order valence-electron chi connectivity index (χ0n) is 8.69. The second-order valence-electron chi connectivity index (χ2n) is 3.61. The molecule has 1 rings (SSSR count). The summed E-state index contributed by atoms with van der Waals surface area (Å²) >= 11 is 1.92. The van der Waals surface area contributed by atoms with E-state index in [0.29, 0.717) is 12.6 Å². The Balaban J connectivity index is 2.20. The highest BCUT2D eigenvalue weighted by Crippen LogP contribution is 2.16. The third-order valence-corrected chi connectivity index (χ3v) is 5.27. The minimum atomic E-state index is -3.03. The normalized spacial score (nSPS) is 23.2. The van der Waals surface area contributed by atoms with Gasteiger partial charge in [-0.15, -0.1) is 0 Å². The number of nitrogens with one attached hydrogen (secondary N) is 1. The molecule has 1 fully saturated rings. The van der Waals surface area contributed by atoms with Crippen molar-refractivity contribution in [3.05, 3.63) is 0 Å². The lowest BCUT2D eigenvalue weighted by Crippen LogP contribution is -2.36. The fraction of sp³-hybridized carbons (Fsp3) is 1.00. The van der Waals surface area contributed by atoms with E-state index in [1.807, 2.05) is 11.8 Å². The molecule has 0 radical (unpaired) electrons. The number of hydrogen-bond acceptors (Lipinski definition) is 4. The van der Waals surface area contributed by atoms with Crippen molar-refractivity contribution in [3.8, 4) is 0 Å². The van der Waals surface area contributed by atoms with Gasteiger partial charge in [0.15, 0.2) is 0 Å². The van der Waals surface area contributed by atoms with Crippen molar-refractivity contribution in [2.75, 3.05) is 37.9 Å². The van der Waals surface area contributed by atoms with Crippen LogP contribution < -0.4 is 5.32 Å². The molecule has 0 amide bonds. The molecule has 1 atom stereocenters. The van der Waals surface area contributed by atoms with Gasteiger partial charge in [0.25, 0.3) is 0 Å². The molecule has 1 N–H and O–H groups in total.